The molecule has 0 N–H and O–H groups in total. The van der Waals surface area contributed by atoms with Gasteiger partial charge in [-0.1, -0.05) is 0 Å². The second kappa shape index (κ2) is 1.46. The van der Waals surface area contributed by atoms with Crippen molar-refractivity contribution in [2.75, 3.05) is 13.3 Å². The lowest BCUT2D eigenvalue weighted by atomic mass is 10.1. The predicted molar refractivity (Wildman–Crippen MR) is 27.0 cm³/mol. The van der Waals surface area contributed by atoms with Gasteiger partial charge in [0.2, 0.25) is 0 Å². The summed E-state index contributed by atoms with van der Waals surface area (Å²) in [7, 11) is 0. The van der Waals surface area contributed by atoms with Gasteiger partial charge in [-0.05, 0) is 13.8 Å². The van der Waals surface area contributed by atoms with Crippen molar-refractivity contribution in [3.8, 4) is 0 Å². The number of nitrogens with zero attached hydrogens (tertiary/aromatic N) is 1. The average Bonchev–Trinajstić information content (AvgIpc) is 1.84. The summed E-state index contributed by atoms with van der Waals surface area (Å²) >= 11 is 0. The first-order valence-electron chi connectivity index (χ1n) is 2.48. The fourth-order valence-corrected chi connectivity index (χ4v) is 0.581. The van der Waals surface area contributed by atoms with E-state index in [1.54, 1.807) is 0 Å². The molecule has 0 bridgehead atoms. The van der Waals surface area contributed by atoms with Gasteiger partial charge >= 0.3 is 0 Å². The molecule has 0 unspecified atom stereocenters. The van der Waals surface area contributed by atoms with Gasteiger partial charge in [-0.15, -0.1) is 0 Å². The summed E-state index contributed by atoms with van der Waals surface area (Å²) in [6, 6.07) is 0. The molecule has 1 heterocycles. The minimum Gasteiger partial charge on any atom is -0.358 e. The minimum atomic E-state index is 0.0278. The molecule has 1 aliphatic rings. The molecule has 1 saturated heterocycles. The summed E-state index contributed by atoms with van der Waals surface area (Å²) in [6.45, 7) is 5.53. The summed E-state index contributed by atoms with van der Waals surface area (Å²) in [5, 5.41) is 4.01. The van der Waals surface area contributed by atoms with E-state index in [0.29, 0.717) is 6.73 Å². The molecule has 0 aliphatic carbocycles. The van der Waals surface area contributed by atoms with Gasteiger partial charge in [-0.25, -0.2) is 5.32 Å². The maximum absolute atomic E-state index is 5.17. The molecule has 0 atom stereocenters. The maximum atomic E-state index is 5.17. The first kappa shape index (κ1) is 5.06. The predicted octanol–water partition coefficient (Wildman–Crippen LogP) is 0.357. The lowest BCUT2D eigenvalue weighted by Crippen LogP contribution is -2.22. The van der Waals surface area contributed by atoms with Crippen molar-refractivity contribution in [3.05, 3.63) is 0 Å². The summed E-state index contributed by atoms with van der Waals surface area (Å²) < 4.78 is 5.17. The summed E-state index contributed by atoms with van der Waals surface area (Å²) in [5.41, 5.74) is 0.0278. The Bertz CT molecular complexity index is 62.5. The van der Waals surface area contributed by atoms with E-state index in [4.69, 9.17) is 4.74 Å². The largest absolute Gasteiger partial charge is 0.358 e. The number of rotatable bonds is 0. The normalized spacial score (nSPS) is 28.3. The van der Waals surface area contributed by atoms with Crippen LogP contribution < -0.4 is 5.32 Å². The topological polar surface area (TPSA) is 23.3 Å². The Kier molecular flexibility index (Phi) is 1.05. The molecule has 1 radical (unpaired) electrons. The first-order chi connectivity index (χ1) is 3.21. The first-order valence-corrected chi connectivity index (χ1v) is 2.48. The van der Waals surface area contributed by atoms with Crippen LogP contribution in [0.4, 0.5) is 0 Å². The van der Waals surface area contributed by atoms with Crippen molar-refractivity contribution >= 4 is 0 Å². The van der Waals surface area contributed by atoms with Gasteiger partial charge in [-0.2, -0.15) is 0 Å². The van der Waals surface area contributed by atoms with Crippen LogP contribution in [0.5, 0.6) is 0 Å². The van der Waals surface area contributed by atoms with Crippen molar-refractivity contribution in [2.45, 2.75) is 19.4 Å². The number of ether oxygens (including phenoxy) is 1. The third-order valence-electron chi connectivity index (χ3n) is 1.04. The van der Waals surface area contributed by atoms with Gasteiger partial charge in [-0.3, -0.25) is 0 Å². The highest BCUT2D eigenvalue weighted by molar-refractivity contribution is 4.74. The second-order valence-corrected chi connectivity index (χ2v) is 2.41. The van der Waals surface area contributed by atoms with Crippen molar-refractivity contribution in [1.29, 1.82) is 0 Å². The molecule has 0 amide bonds. The molecule has 41 valence electrons. The maximum Gasteiger partial charge on any atom is 0.113 e. The van der Waals surface area contributed by atoms with E-state index < -0.39 is 0 Å². The SMILES string of the molecule is CC1(C)C[N]CO1. The number of hydrogen-bond acceptors (Lipinski definition) is 1. The van der Waals surface area contributed by atoms with Crippen molar-refractivity contribution in [2.24, 2.45) is 0 Å². The van der Waals surface area contributed by atoms with E-state index in [1.807, 2.05) is 13.8 Å². The zero-order valence-electron chi connectivity index (χ0n) is 4.77. The quantitative estimate of drug-likeness (QED) is 0.431. The van der Waals surface area contributed by atoms with Gasteiger partial charge in [0.05, 0.1) is 5.60 Å². The molecule has 1 aliphatic heterocycles. The molecule has 0 aromatic rings. The highest BCUT2D eigenvalue weighted by atomic mass is 16.5. The third kappa shape index (κ3) is 1.14. The van der Waals surface area contributed by atoms with Gasteiger partial charge in [0.15, 0.2) is 0 Å². The molecule has 7 heavy (non-hydrogen) atoms. The van der Waals surface area contributed by atoms with Crippen LogP contribution in [0.15, 0.2) is 0 Å². The standard InChI is InChI=1S/C5H10NO/c1-5(2)3-6-4-7-5/h3-4H2,1-2H3. The number of hydrogen-bond donors (Lipinski definition) is 0. The van der Waals surface area contributed by atoms with E-state index in [1.165, 1.54) is 0 Å². The molecule has 0 aromatic heterocycles. The summed E-state index contributed by atoms with van der Waals surface area (Å²) in [4.78, 5) is 0. The van der Waals surface area contributed by atoms with Gasteiger partial charge in [0, 0.05) is 6.54 Å². The summed E-state index contributed by atoms with van der Waals surface area (Å²) in [5.74, 6) is 0. The monoisotopic (exact) mass is 100 g/mol. The van der Waals surface area contributed by atoms with Crippen molar-refractivity contribution < 1.29 is 4.74 Å². The van der Waals surface area contributed by atoms with Crippen LogP contribution in [0, 0.1) is 0 Å². The second-order valence-electron chi connectivity index (χ2n) is 2.41. The Balaban J connectivity index is 2.40. The van der Waals surface area contributed by atoms with E-state index in [0.717, 1.165) is 6.54 Å². The lowest BCUT2D eigenvalue weighted by molar-refractivity contribution is 0.0423. The van der Waals surface area contributed by atoms with Crippen molar-refractivity contribution in [3.63, 3.8) is 0 Å². The Labute approximate surface area is 43.9 Å². The molecule has 1 rings (SSSR count). The van der Waals surface area contributed by atoms with Gasteiger partial charge in [0.25, 0.3) is 0 Å². The molecule has 2 nitrogen and oxygen atoms in total. The van der Waals surface area contributed by atoms with Crippen LogP contribution in [0.3, 0.4) is 0 Å². The van der Waals surface area contributed by atoms with E-state index in [9.17, 15) is 0 Å². The lowest BCUT2D eigenvalue weighted by Gasteiger charge is -2.12. The Hall–Kier alpha value is -0.0800. The Morgan fingerprint density at radius 1 is 1.57 bits per heavy atom. The molecular weight excluding hydrogens is 90.1 g/mol. The van der Waals surface area contributed by atoms with Crippen LogP contribution >= 0.6 is 0 Å². The molecule has 1 fully saturated rings. The molecular formula is C5H10NO. The zero-order valence-corrected chi connectivity index (χ0v) is 4.77. The van der Waals surface area contributed by atoms with Crippen LogP contribution in [-0.2, 0) is 4.74 Å². The minimum absolute atomic E-state index is 0.0278. The molecule has 0 aromatic carbocycles. The van der Waals surface area contributed by atoms with Gasteiger partial charge in [0.1, 0.15) is 6.73 Å². The van der Waals surface area contributed by atoms with Crippen LogP contribution in [0.25, 0.3) is 0 Å². The summed E-state index contributed by atoms with van der Waals surface area (Å²) in [6.07, 6.45) is 0. The van der Waals surface area contributed by atoms with E-state index in [2.05, 4.69) is 5.32 Å². The molecule has 2 heteroatoms. The smallest absolute Gasteiger partial charge is 0.113 e. The average molecular weight is 100 g/mol. The highest BCUT2D eigenvalue weighted by Gasteiger charge is 2.23. The van der Waals surface area contributed by atoms with E-state index >= 15 is 0 Å². The van der Waals surface area contributed by atoms with Crippen molar-refractivity contribution in [1.82, 2.24) is 5.32 Å². The fraction of sp³-hybridized carbons (Fsp3) is 1.00. The highest BCUT2D eigenvalue weighted by Crippen LogP contribution is 2.11. The Morgan fingerprint density at radius 3 is 2.43 bits per heavy atom. The van der Waals surface area contributed by atoms with Gasteiger partial charge < -0.3 is 4.74 Å². The molecule has 0 saturated carbocycles. The zero-order chi connectivity index (χ0) is 5.33. The van der Waals surface area contributed by atoms with E-state index in [-0.39, 0.29) is 5.60 Å². The fourth-order valence-electron chi connectivity index (χ4n) is 0.581. The third-order valence-corrected chi connectivity index (χ3v) is 1.04. The van der Waals surface area contributed by atoms with Crippen LogP contribution in [0.1, 0.15) is 13.8 Å². The molecule has 0 spiro atoms. The van der Waals surface area contributed by atoms with Crippen LogP contribution in [0.2, 0.25) is 0 Å². The Morgan fingerprint density at radius 2 is 2.29 bits per heavy atom. The van der Waals surface area contributed by atoms with Crippen LogP contribution in [-0.4, -0.2) is 18.9 Å².